The van der Waals surface area contributed by atoms with E-state index in [1.807, 2.05) is 0 Å². The highest BCUT2D eigenvalue weighted by Crippen LogP contribution is 2.30. The van der Waals surface area contributed by atoms with Gasteiger partial charge >= 0.3 is 0 Å². The van der Waals surface area contributed by atoms with Crippen LogP contribution in [0.15, 0.2) is 36.4 Å². The van der Waals surface area contributed by atoms with Gasteiger partial charge in [-0.25, -0.2) is 0 Å². The Bertz CT molecular complexity index is 545. The van der Waals surface area contributed by atoms with Crippen LogP contribution in [0.4, 0.5) is 0 Å². The Kier molecular flexibility index (Phi) is 5.44. The summed E-state index contributed by atoms with van der Waals surface area (Å²) in [5.41, 5.74) is 5.32. The lowest BCUT2D eigenvalue weighted by molar-refractivity contribution is 0.470. The van der Waals surface area contributed by atoms with Crippen molar-refractivity contribution >= 4 is 0 Å². The molecule has 1 nitrogen and oxygen atoms in total. The first kappa shape index (κ1) is 15.6. The third kappa shape index (κ3) is 3.66. The molecular formula is C20H26O. The molecule has 0 bridgehead atoms. The predicted molar refractivity (Wildman–Crippen MR) is 90.5 cm³/mol. The monoisotopic (exact) mass is 282 g/mol. The van der Waals surface area contributed by atoms with Gasteiger partial charge in [-0.15, -0.1) is 0 Å². The minimum Gasteiger partial charge on any atom is -0.457 e. The molecule has 2 rings (SSSR count). The maximum atomic E-state index is 6.22. The molecule has 21 heavy (non-hydrogen) atoms. The molecule has 0 spiro atoms. The van der Waals surface area contributed by atoms with Gasteiger partial charge in [-0.2, -0.15) is 0 Å². The highest BCUT2D eigenvalue weighted by molar-refractivity contribution is 5.44. The van der Waals surface area contributed by atoms with Crippen molar-refractivity contribution in [1.29, 1.82) is 0 Å². The molecule has 0 fully saturated rings. The molecule has 0 saturated carbocycles. The van der Waals surface area contributed by atoms with Gasteiger partial charge in [0.25, 0.3) is 0 Å². The van der Waals surface area contributed by atoms with Crippen LogP contribution in [-0.4, -0.2) is 0 Å². The predicted octanol–water partition coefficient (Wildman–Crippen LogP) is 5.73. The summed E-state index contributed by atoms with van der Waals surface area (Å²) in [6, 6.07) is 13.1. The topological polar surface area (TPSA) is 9.23 Å². The number of aryl methyl sites for hydroxylation is 4. The van der Waals surface area contributed by atoms with E-state index < -0.39 is 0 Å². The third-order valence-electron chi connectivity index (χ3n) is 4.05. The second-order valence-electron chi connectivity index (χ2n) is 5.40. The van der Waals surface area contributed by atoms with Gasteiger partial charge in [-0.05, 0) is 60.1 Å². The molecule has 2 aromatic rings. The van der Waals surface area contributed by atoms with E-state index in [1.54, 1.807) is 0 Å². The Morgan fingerprint density at radius 3 is 1.38 bits per heavy atom. The summed E-state index contributed by atoms with van der Waals surface area (Å²) in [6.07, 6.45) is 4.13. The van der Waals surface area contributed by atoms with Crippen LogP contribution < -0.4 is 4.74 Å². The summed E-state index contributed by atoms with van der Waals surface area (Å²) >= 11 is 0. The van der Waals surface area contributed by atoms with Crippen LogP contribution in [0.5, 0.6) is 11.5 Å². The van der Waals surface area contributed by atoms with Gasteiger partial charge in [0, 0.05) is 0 Å². The summed E-state index contributed by atoms with van der Waals surface area (Å²) in [4.78, 5) is 0. The maximum Gasteiger partial charge on any atom is 0.130 e. The molecule has 0 unspecified atom stereocenters. The van der Waals surface area contributed by atoms with Crippen LogP contribution in [0.25, 0.3) is 0 Å². The van der Waals surface area contributed by atoms with Gasteiger partial charge in [0.2, 0.25) is 0 Å². The van der Waals surface area contributed by atoms with Gasteiger partial charge in [0.15, 0.2) is 0 Å². The maximum absolute atomic E-state index is 6.22. The van der Waals surface area contributed by atoms with E-state index >= 15 is 0 Å². The molecule has 0 aliphatic rings. The van der Waals surface area contributed by atoms with E-state index in [0.717, 1.165) is 37.2 Å². The van der Waals surface area contributed by atoms with Crippen molar-refractivity contribution in [3.8, 4) is 11.5 Å². The van der Waals surface area contributed by atoms with Crippen LogP contribution in [0.1, 0.15) is 49.9 Å². The van der Waals surface area contributed by atoms with Gasteiger partial charge in [-0.1, -0.05) is 52.0 Å². The molecule has 112 valence electrons. The van der Waals surface area contributed by atoms with Crippen molar-refractivity contribution in [3.63, 3.8) is 0 Å². The fourth-order valence-electron chi connectivity index (χ4n) is 2.58. The molecule has 0 amide bonds. The summed E-state index contributed by atoms with van der Waals surface area (Å²) in [5.74, 6) is 1.99. The summed E-state index contributed by atoms with van der Waals surface area (Å²) in [6.45, 7) is 8.74. The lowest BCUT2D eigenvalue weighted by Crippen LogP contribution is -1.96. The molecule has 0 aliphatic heterocycles. The molecule has 0 aliphatic carbocycles. The summed E-state index contributed by atoms with van der Waals surface area (Å²) in [5, 5.41) is 0. The molecule has 1 heteroatoms. The van der Waals surface area contributed by atoms with E-state index in [9.17, 15) is 0 Å². The Labute approximate surface area is 129 Å². The van der Waals surface area contributed by atoms with Gasteiger partial charge in [0.1, 0.15) is 11.5 Å². The molecule has 0 N–H and O–H groups in total. The fraction of sp³-hybridized carbons (Fsp3) is 0.400. The van der Waals surface area contributed by atoms with Crippen molar-refractivity contribution in [2.75, 3.05) is 0 Å². The van der Waals surface area contributed by atoms with Crippen molar-refractivity contribution in [1.82, 2.24) is 0 Å². The summed E-state index contributed by atoms with van der Waals surface area (Å²) < 4.78 is 6.22. The molecule has 2 aromatic carbocycles. The van der Waals surface area contributed by atoms with Crippen molar-refractivity contribution < 1.29 is 4.74 Å². The Morgan fingerprint density at radius 2 is 1.05 bits per heavy atom. The Hall–Kier alpha value is -1.76. The normalized spacial score (nSPS) is 10.7. The average Bonchev–Trinajstić information content (AvgIpc) is 2.55. The smallest absolute Gasteiger partial charge is 0.130 e. The number of ether oxygens (including phenoxy) is 1. The Balaban J connectivity index is 2.33. The quantitative estimate of drug-likeness (QED) is 0.657. The average molecular weight is 282 g/mol. The zero-order chi connectivity index (χ0) is 15.2. The number of benzene rings is 2. The highest BCUT2D eigenvalue weighted by atomic mass is 16.5. The zero-order valence-electron chi connectivity index (χ0n) is 13.7. The standard InChI is InChI=1S/C20H26O/c1-5-15-9-11-19(17(7-3)13-15)21-20-12-10-16(6-2)14-18(20)8-4/h9-14H,5-8H2,1-4H3. The SMILES string of the molecule is CCc1ccc(Oc2ccc(CC)cc2CC)c(CC)c1. The molecule has 0 heterocycles. The molecule has 0 aromatic heterocycles. The van der Waals surface area contributed by atoms with Crippen LogP contribution in [0.3, 0.4) is 0 Å². The highest BCUT2D eigenvalue weighted by Gasteiger charge is 2.08. The first-order valence-corrected chi connectivity index (χ1v) is 8.13. The molecule has 0 atom stereocenters. The first-order valence-electron chi connectivity index (χ1n) is 8.13. The molecule has 0 saturated heterocycles. The van der Waals surface area contributed by atoms with Crippen LogP contribution in [-0.2, 0) is 25.7 Å². The van der Waals surface area contributed by atoms with Gasteiger partial charge < -0.3 is 4.74 Å². The lowest BCUT2D eigenvalue weighted by atomic mass is 10.0. The summed E-state index contributed by atoms with van der Waals surface area (Å²) in [7, 11) is 0. The van der Waals surface area contributed by atoms with Crippen molar-refractivity contribution in [2.45, 2.75) is 53.4 Å². The van der Waals surface area contributed by atoms with E-state index in [0.29, 0.717) is 0 Å². The van der Waals surface area contributed by atoms with E-state index in [2.05, 4.69) is 64.1 Å². The van der Waals surface area contributed by atoms with Crippen LogP contribution >= 0.6 is 0 Å². The van der Waals surface area contributed by atoms with E-state index in [-0.39, 0.29) is 0 Å². The van der Waals surface area contributed by atoms with Crippen LogP contribution in [0, 0.1) is 0 Å². The number of hydrogen-bond donors (Lipinski definition) is 0. The molecule has 0 radical (unpaired) electrons. The first-order chi connectivity index (χ1) is 10.2. The van der Waals surface area contributed by atoms with Gasteiger partial charge in [-0.3, -0.25) is 0 Å². The van der Waals surface area contributed by atoms with E-state index in [1.165, 1.54) is 22.3 Å². The third-order valence-corrected chi connectivity index (χ3v) is 4.05. The fourth-order valence-corrected chi connectivity index (χ4v) is 2.58. The van der Waals surface area contributed by atoms with Gasteiger partial charge in [0.05, 0.1) is 0 Å². The number of hydrogen-bond acceptors (Lipinski definition) is 1. The number of rotatable bonds is 6. The minimum absolute atomic E-state index is 0.994. The lowest BCUT2D eigenvalue weighted by Gasteiger charge is -2.15. The minimum atomic E-state index is 0.994. The largest absolute Gasteiger partial charge is 0.457 e. The zero-order valence-corrected chi connectivity index (χ0v) is 13.7. The molecular weight excluding hydrogens is 256 g/mol. The second-order valence-corrected chi connectivity index (χ2v) is 5.40. The van der Waals surface area contributed by atoms with Crippen molar-refractivity contribution in [2.24, 2.45) is 0 Å². The van der Waals surface area contributed by atoms with Crippen LogP contribution in [0.2, 0.25) is 0 Å². The second kappa shape index (κ2) is 7.31. The Morgan fingerprint density at radius 1 is 0.619 bits per heavy atom. The van der Waals surface area contributed by atoms with Crippen molar-refractivity contribution in [3.05, 3.63) is 58.7 Å². The van der Waals surface area contributed by atoms with E-state index in [4.69, 9.17) is 4.74 Å².